The molecule has 0 unspecified atom stereocenters. The molecule has 0 radical (unpaired) electrons. The second-order valence-corrected chi connectivity index (χ2v) is 7.18. The molecule has 1 N–H and O–H groups in total. The highest BCUT2D eigenvalue weighted by atomic mass is 19.1. The maximum Gasteiger partial charge on any atom is 0.322 e. The lowest BCUT2D eigenvalue weighted by Gasteiger charge is -2.32. The van der Waals surface area contributed by atoms with Gasteiger partial charge in [0, 0.05) is 25.7 Å². The number of ether oxygens (including phenoxy) is 2. The van der Waals surface area contributed by atoms with Gasteiger partial charge in [0.25, 0.3) is 0 Å². The third-order valence-electron chi connectivity index (χ3n) is 5.18. The van der Waals surface area contributed by atoms with Crippen LogP contribution in [-0.4, -0.2) is 71.7 Å². The lowest BCUT2D eigenvalue weighted by molar-refractivity contribution is -0.139. The van der Waals surface area contributed by atoms with Crippen molar-refractivity contribution in [3.63, 3.8) is 0 Å². The molecule has 9 heteroatoms. The van der Waals surface area contributed by atoms with Gasteiger partial charge in [0.1, 0.15) is 23.7 Å². The van der Waals surface area contributed by atoms with E-state index in [0.717, 1.165) is 0 Å². The Balaban J connectivity index is 1.51. The number of anilines is 1. The minimum atomic E-state index is -0.698. The summed E-state index contributed by atoms with van der Waals surface area (Å²) in [4.78, 5) is 33.2. The van der Waals surface area contributed by atoms with Crippen molar-refractivity contribution in [2.24, 2.45) is 0 Å². The summed E-state index contributed by atoms with van der Waals surface area (Å²) in [7, 11) is 0. The van der Waals surface area contributed by atoms with E-state index in [2.05, 4.69) is 10.3 Å². The fourth-order valence-electron chi connectivity index (χ4n) is 3.69. The number of nitrogens with one attached hydrogen (secondary N) is 1. The molecule has 2 aromatic rings. The molecule has 8 nitrogen and oxygen atoms in total. The van der Waals surface area contributed by atoms with E-state index in [-0.39, 0.29) is 24.2 Å². The first-order valence-electron chi connectivity index (χ1n) is 9.87. The number of pyridine rings is 1. The maximum atomic E-state index is 14.0. The van der Waals surface area contributed by atoms with Gasteiger partial charge < -0.3 is 24.6 Å². The summed E-state index contributed by atoms with van der Waals surface area (Å²) < 4.78 is 25.3. The number of amides is 3. The van der Waals surface area contributed by atoms with Crippen LogP contribution < -0.4 is 10.1 Å². The van der Waals surface area contributed by atoms with Gasteiger partial charge in [0.05, 0.1) is 31.6 Å². The Morgan fingerprint density at radius 2 is 1.97 bits per heavy atom. The molecule has 1 aromatic carbocycles. The summed E-state index contributed by atoms with van der Waals surface area (Å²) in [6, 6.07) is 8.21. The number of carbonyl (C=O) groups excluding carboxylic acids is 2. The number of halogens is 1. The van der Waals surface area contributed by atoms with Gasteiger partial charge in [0.15, 0.2) is 0 Å². The first-order chi connectivity index (χ1) is 14.6. The van der Waals surface area contributed by atoms with E-state index in [9.17, 15) is 14.0 Å². The van der Waals surface area contributed by atoms with E-state index >= 15 is 0 Å². The number of hydrogen-bond acceptors (Lipinski definition) is 5. The second kappa shape index (κ2) is 9.08. The van der Waals surface area contributed by atoms with Crippen molar-refractivity contribution in [1.29, 1.82) is 0 Å². The standard InChI is InChI=1S/C21H23FN4O4/c22-17-5-1-2-6-18(17)24-21(28)26-14-16(30-15-4-3-7-23-13-15)12-19(26)20(27)25-8-10-29-11-9-25/h1-7,13,16,19H,8-12,14H2,(H,24,28)/t16-,19-/m0/s1. The number of urea groups is 1. The van der Waals surface area contributed by atoms with Crippen LogP contribution in [0.4, 0.5) is 14.9 Å². The molecule has 2 saturated heterocycles. The Labute approximate surface area is 173 Å². The number of hydrogen-bond donors (Lipinski definition) is 1. The zero-order chi connectivity index (χ0) is 20.9. The predicted octanol–water partition coefficient (Wildman–Crippen LogP) is 2.13. The van der Waals surface area contributed by atoms with Crippen LogP contribution in [0.25, 0.3) is 0 Å². The van der Waals surface area contributed by atoms with Gasteiger partial charge in [-0.1, -0.05) is 12.1 Å². The van der Waals surface area contributed by atoms with Gasteiger partial charge in [-0.25, -0.2) is 9.18 Å². The van der Waals surface area contributed by atoms with Crippen molar-refractivity contribution in [2.75, 3.05) is 38.2 Å². The highest BCUT2D eigenvalue weighted by molar-refractivity contribution is 5.94. The summed E-state index contributed by atoms with van der Waals surface area (Å²) in [6.07, 6.45) is 3.19. The van der Waals surface area contributed by atoms with Gasteiger partial charge in [-0.15, -0.1) is 0 Å². The van der Waals surface area contributed by atoms with E-state index in [0.29, 0.717) is 38.5 Å². The van der Waals surface area contributed by atoms with Crippen molar-refractivity contribution < 1.29 is 23.5 Å². The number of nitrogens with zero attached hydrogens (tertiary/aromatic N) is 3. The largest absolute Gasteiger partial charge is 0.487 e. The molecular formula is C21H23FN4O4. The van der Waals surface area contributed by atoms with Crippen LogP contribution in [0, 0.1) is 5.82 Å². The SMILES string of the molecule is O=C([C@@H]1C[C@H](Oc2cccnc2)CN1C(=O)Nc1ccccc1F)N1CCOCC1. The smallest absolute Gasteiger partial charge is 0.322 e. The first kappa shape index (κ1) is 20.1. The Bertz CT molecular complexity index is 892. The summed E-state index contributed by atoms with van der Waals surface area (Å²) in [5.41, 5.74) is 0.0664. The lowest BCUT2D eigenvalue weighted by Crippen LogP contribution is -2.51. The normalized spacial score (nSPS) is 21.4. The minimum absolute atomic E-state index is 0.0664. The Morgan fingerprint density at radius 1 is 1.17 bits per heavy atom. The summed E-state index contributed by atoms with van der Waals surface area (Å²) >= 11 is 0. The molecule has 0 spiro atoms. The average molecular weight is 414 g/mol. The van der Waals surface area contributed by atoms with Crippen LogP contribution >= 0.6 is 0 Å². The number of benzene rings is 1. The monoisotopic (exact) mass is 414 g/mol. The number of para-hydroxylation sites is 1. The van der Waals surface area contributed by atoms with Crippen LogP contribution in [0.15, 0.2) is 48.8 Å². The summed E-state index contributed by atoms with van der Waals surface area (Å²) in [6.45, 7) is 2.10. The molecule has 4 rings (SSSR count). The van der Waals surface area contributed by atoms with E-state index in [1.165, 1.54) is 17.0 Å². The topological polar surface area (TPSA) is 84.0 Å². The predicted molar refractivity (Wildman–Crippen MR) is 107 cm³/mol. The summed E-state index contributed by atoms with van der Waals surface area (Å²) in [5.74, 6) is -0.125. The quantitative estimate of drug-likeness (QED) is 0.829. The number of morpholine rings is 1. The second-order valence-electron chi connectivity index (χ2n) is 7.18. The first-order valence-corrected chi connectivity index (χ1v) is 9.87. The lowest BCUT2D eigenvalue weighted by atomic mass is 10.1. The third kappa shape index (κ3) is 4.51. The minimum Gasteiger partial charge on any atom is -0.487 e. The molecule has 2 fully saturated rings. The van der Waals surface area contributed by atoms with Gasteiger partial charge >= 0.3 is 6.03 Å². The van der Waals surface area contributed by atoms with E-state index < -0.39 is 17.9 Å². The average Bonchev–Trinajstić information content (AvgIpc) is 3.20. The van der Waals surface area contributed by atoms with Crippen molar-refractivity contribution in [3.8, 4) is 5.75 Å². The number of aromatic nitrogens is 1. The van der Waals surface area contributed by atoms with Crippen molar-refractivity contribution in [3.05, 3.63) is 54.6 Å². The van der Waals surface area contributed by atoms with E-state index in [1.54, 1.807) is 41.6 Å². The molecule has 3 heterocycles. The molecule has 0 bridgehead atoms. The van der Waals surface area contributed by atoms with Gasteiger partial charge in [-0.05, 0) is 24.3 Å². The van der Waals surface area contributed by atoms with Crippen molar-refractivity contribution in [2.45, 2.75) is 18.6 Å². The number of rotatable bonds is 4. The van der Waals surface area contributed by atoms with Gasteiger partial charge in [-0.3, -0.25) is 9.78 Å². The van der Waals surface area contributed by atoms with Gasteiger partial charge in [-0.2, -0.15) is 0 Å². The van der Waals surface area contributed by atoms with Crippen molar-refractivity contribution >= 4 is 17.6 Å². The van der Waals surface area contributed by atoms with Crippen LogP contribution in [0.3, 0.4) is 0 Å². The molecule has 2 aliphatic heterocycles. The Morgan fingerprint density at radius 3 is 2.70 bits per heavy atom. The molecule has 158 valence electrons. The molecule has 0 saturated carbocycles. The molecule has 2 atom stereocenters. The fourth-order valence-corrected chi connectivity index (χ4v) is 3.69. The molecule has 2 aliphatic rings. The van der Waals surface area contributed by atoms with Crippen LogP contribution in [0.2, 0.25) is 0 Å². The number of carbonyl (C=O) groups is 2. The molecule has 1 aromatic heterocycles. The molecule has 30 heavy (non-hydrogen) atoms. The summed E-state index contributed by atoms with van der Waals surface area (Å²) in [5, 5.41) is 2.57. The van der Waals surface area contributed by atoms with E-state index in [4.69, 9.17) is 9.47 Å². The van der Waals surface area contributed by atoms with E-state index in [1.807, 2.05) is 0 Å². The Hall–Kier alpha value is -3.20. The van der Waals surface area contributed by atoms with Gasteiger partial charge in [0.2, 0.25) is 5.91 Å². The zero-order valence-electron chi connectivity index (χ0n) is 16.4. The highest BCUT2D eigenvalue weighted by Crippen LogP contribution is 2.26. The van der Waals surface area contributed by atoms with Crippen LogP contribution in [-0.2, 0) is 9.53 Å². The maximum absolute atomic E-state index is 14.0. The fraction of sp³-hybridized carbons (Fsp3) is 0.381. The zero-order valence-corrected chi connectivity index (χ0v) is 16.4. The molecule has 3 amide bonds. The van der Waals surface area contributed by atoms with Crippen molar-refractivity contribution in [1.82, 2.24) is 14.8 Å². The van der Waals surface area contributed by atoms with Crippen LogP contribution in [0.1, 0.15) is 6.42 Å². The number of likely N-dealkylation sites (tertiary alicyclic amines) is 1. The third-order valence-corrected chi connectivity index (χ3v) is 5.18. The highest BCUT2D eigenvalue weighted by Gasteiger charge is 2.43. The molecule has 0 aliphatic carbocycles. The Kier molecular flexibility index (Phi) is 6.08. The molecular weight excluding hydrogens is 391 g/mol. The van der Waals surface area contributed by atoms with Crippen LogP contribution in [0.5, 0.6) is 5.75 Å².